The van der Waals surface area contributed by atoms with Crippen molar-refractivity contribution in [3.05, 3.63) is 70.8 Å². The van der Waals surface area contributed by atoms with Crippen molar-refractivity contribution in [1.82, 2.24) is 9.80 Å². The van der Waals surface area contributed by atoms with Gasteiger partial charge < -0.3 is 5.73 Å². The molecule has 0 radical (unpaired) electrons. The predicted octanol–water partition coefficient (Wildman–Crippen LogP) is 5.47. The summed E-state index contributed by atoms with van der Waals surface area (Å²) in [5.41, 5.74) is 7.73. The van der Waals surface area contributed by atoms with Crippen LogP contribution in [0.15, 0.2) is 48.5 Å². The van der Waals surface area contributed by atoms with Gasteiger partial charge in [0.2, 0.25) is 0 Å². The van der Waals surface area contributed by atoms with Gasteiger partial charge in [0.25, 0.3) is 23.6 Å². The van der Waals surface area contributed by atoms with Crippen LogP contribution in [0.5, 0.6) is 0 Å². The van der Waals surface area contributed by atoms with E-state index in [1.165, 1.54) is 9.80 Å². The minimum Gasteiger partial charge on any atom is -0.330 e. The molecule has 4 amide bonds. The van der Waals surface area contributed by atoms with E-state index in [1.54, 1.807) is 12.1 Å². The Morgan fingerprint density at radius 2 is 0.872 bits per heavy atom. The normalized spacial score (nSPS) is 15.2. The zero-order valence-electron chi connectivity index (χ0n) is 21.7. The van der Waals surface area contributed by atoms with E-state index < -0.39 is 0 Å². The fourth-order valence-corrected chi connectivity index (χ4v) is 6.50. The monoisotopic (exact) mass is 517 g/mol. The van der Waals surface area contributed by atoms with Crippen molar-refractivity contribution < 1.29 is 19.2 Å². The van der Waals surface area contributed by atoms with Gasteiger partial charge in [-0.3, -0.25) is 29.0 Å². The van der Waals surface area contributed by atoms with Gasteiger partial charge in [-0.2, -0.15) is 0 Å². The molecule has 0 saturated carbocycles. The van der Waals surface area contributed by atoms with Gasteiger partial charge >= 0.3 is 0 Å². The average Bonchev–Trinajstić information content (AvgIpc) is 2.95. The number of imide groups is 2. The summed E-state index contributed by atoms with van der Waals surface area (Å²) in [5.74, 6) is -1.08. The van der Waals surface area contributed by atoms with Crippen LogP contribution >= 0.6 is 0 Å². The number of hydrogen-bond acceptors (Lipinski definition) is 5. The molecule has 0 bridgehead atoms. The highest BCUT2D eigenvalue weighted by Gasteiger charge is 2.36. The van der Waals surface area contributed by atoms with E-state index in [4.69, 9.17) is 5.73 Å². The highest BCUT2D eigenvalue weighted by molar-refractivity contribution is 6.41. The van der Waals surface area contributed by atoms with E-state index in [9.17, 15) is 19.2 Å². The van der Waals surface area contributed by atoms with E-state index in [1.807, 2.05) is 43.3 Å². The van der Waals surface area contributed by atoms with Gasteiger partial charge in [0, 0.05) is 46.1 Å². The van der Waals surface area contributed by atoms with E-state index >= 15 is 0 Å². The molecule has 0 aromatic heterocycles. The standard InChI is InChI=1S/C32H27N3O4/c1-2-3-15-34-29(36)21-10-6-17-19-8-12-23-28-24(32(39)35(31(23)38)16-5-4-14-33)13-9-20(26(19)28)18-7-11-22(30(34)37)27(21)25(17)18/h6-13H,2-5,14-16,33H2,1H3. The smallest absolute Gasteiger partial charge is 0.261 e. The lowest BCUT2D eigenvalue weighted by Gasteiger charge is -2.30. The summed E-state index contributed by atoms with van der Waals surface area (Å²) < 4.78 is 0. The maximum absolute atomic E-state index is 13.5. The zero-order chi connectivity index (χ0) is 27.0. The molecule has 0 aliphatic carbocycles. The molecule has 0 saturated heterocycles. The van der Waals surface area contributed by atoms with Crippen molar-refractivity contribution in [1.29, 1.82) is 0 Å². The molecule has 5 aromatic carbocycles. The quantitative estimate of drug-likeness (QED) is 0.134. The molecule has 2 aliphatic heterocycles. The van der Waals surface area contributed by atoms with Crippen molar-refractivity contribution >= 4 is 66.7 Å². The second-order valence-electron chi connectivity index (χ2n) is 10.5. The third kappa shape index (κ3) is 3.08. The molecular weight excluding hydrogens is 490 g/mol. The van der Waals surface area contributed by atoms with Crippen LogP contribution in [0, 0.1) is 0 Å². The Bertz CT molecular complexity index is 1790. The van der Waals surface area contributed by atoms with Crippen molar-refractivity contribution in [3.8, 4) is 0 Å². The highest BCUT2D eigenvalue weighted by atomic mass is 16.2. The number of carbonyl (C=O) groups excluding carboxylic acids is 4. The van der Waals surface area contributed by atoms with Gasteiger partial charge in [0.15, 0.2) is 0 Å². The molecule has 39 heavy (non-hydrogen) atoms. The van der Waals surface area contributed by atoms with Crippen LogP contribution < -0.4 is 5.73 Å². The molecule has 0 unspecified atom stereocenters. The molecular formula is C32H27N3O4. The highest BCUT2D eigenvalue weighted by Crippen LogP contribution is 2.46. The van der Waals surface area contributed by atoms with Crippen molar-refractivity contribution in [2.45, 2.75) is 32.6 Å². The van der Waals surface area contributed by atoms with E-state index in [2.05, 4.69) is 0 Å². The van der Waals surface area contributed by atoms with Crippen LogP contribution in [0.25, 0.3) is 43.1 Å². The minimum atomic E-state index is -0.285. The van der Waals surface area contributed by atoms with E-state index in [0.717, 1.165) is 51.6 Å². The van der Waals surface area contributed by atoms with Crippen LogP contribution in [-0.4, -0.2) is 53.1 Å². The first kappa shape index (κ1) is 23.7. The summed E-state index contributed by atoms with van der Waals surface area (Å²) in [4.78, 5) is 56.5. The van der Waals surface area contributed by atoms with Crippen LogP contribution in [0.4, 0.5) is 0 Å². The van der Waals surface area contributed by atoms with Crippen molar-refractivity contribution in [3.63, 3.8) is 0 Å². The molecule has 5 aromatic rings. The summed E-state index contributed by atoms with van der Waals surface area (Å²) >= 11 is 0. The largest absolute Gasteiger partial charge is 0.330 e. The molecule has 7 nitrogen and oxygen atoms in total. The van der Waals surface area contributed by atoms with Crippen LogP contribution in [-0.2, 0) is 0 Å². The molecule has 2 heterocycles. The van der Waals surface area contributed by atoms with Crippen LogP contribution in [0.3, 0.4) is 0 Å². The molecule has 2 aliphatic rings. The molecule has 194 valence electrons. The van der Waals surface area contributed by atoms with E-state index in [-0.39, 0.29) is 23.6 Å². The Morgan fingerprint density at radius 1 is 0.513 bits per heavy atom. The number of carbonyl (C=O) groups is 4. The van der Waals surface area contributed by atoms with Crippen LogP contribution in [0.1, 0.15) is 74.0 Å². The zero-order valence-corrected chi connectivity index (χ0v) is 21.7. The lowest BCUT2D eigenvalue weighted by Crippen LogP contribution is -2.41. The molecule has 2 N–H and O–H groups in total. The second-order valence-corrected chi connectivity index (χ2v) is 10.5. The third-order valence-corrected chi connectivity index (χ3v) is 8.38. The van der Waals surface area contributed by atoms with Crippen molar-refractivity contribution in [2.75, 3.05) is 19.6 Å². The summed E-state index contributed by atoms with van der Waals surface area (Å²) in [5, 5.41) is 6.68. The fraction of sp³-hybridized carbons (Fsp3) is 0.250. The first-order valence-electron chi connectivity index (χ1n) is 13.6. The Morgan fingerprint density at radius 3 is 1.21 bits per heavy atom. The number of hydrogen-bond donors (Lipinski definition) is 1. The molecule has 0 spiro atoms. The summed E-state index contributed by atoms with van der Waals surface area (Å²) in [6.45, 7) is 3.28. The van der Waals surface area contributed by atoms with Gasteiger partial charge in [-0.25, -0.2) is 0 Å². The maximum Gasteiger partial charge on any atom is 0.261 e. The first-order valence-corrected chi connectivity index (χ1v) is 13.6. The number of nitrogens with zero attached hydrogens (tertiary/aromatic N) is 2. The summed E-state index contributed by atoms with van der Waals surface area (Å²) in [6.07, 6.45) is 3.05. The number of fused-ring (bicyclic) bond motifs is 2. The molecule has 7 heteroatoms. The van der Waals surface area contributed by atoms with Gasteiger partial charge in [0.1, 0.15) is 0 Å². The first-order chi connectivity index (χ1) is 19.0. The number of benzene rings is 5. The minimum absolute atomic E-state index is 0.258. The Hall–Kier alpha value is -4.36. The van der Waals surface area contributed by atoms with Gasteiger partial charge in [0.05, 0.1) is 0 Å². The number of unbranched alkanes of at least 4 members (excludes halogenated alkanes) is 2. The lowest BCUT2D eigenvalue weighted by atomic mass is 9.82. The molecule has 7 rings (SSSR count). The van der Waals surface area contributed by atoms with Crippen LogP contribution in [0.2, 0.25) is 0 Å². The summed E-state index contributed by atoms with van der Waals surface area (Å²) in [6, 6.07) is 15.0. The summed E-state index contributed by atoms with van der Waals surface area (Å²) in [7, 11) is 0. The topological polar surface area (TPSA) is 101 Å². The SMILES string of the molecule is CCCCN1C(=O)c2ccc3c4ccc5c6c(ccc(c7ccc(c2c37)C1=O)c64)C(=O)N(CCCCN)C5=O. The maximum atomic E-state index is 13.5. The Kier molecular flexibility index (Phi) is 5.22. The van der Waals surface area contributed by atoms with E-state index in [0.29, 0.717) is 59.1 Å². The van der Waals surface area contributed by atoms with Gasteiger partial charge in [-0.15, -0.1) is 0 Å². The Labute approximate surface area is 224 Å². The average molecular weight is 518 g/mol. The van der Waals surface area contributed by atoms with Gasteiger partial charge in [-0.1, -0.05) is 37.6 Å². The number of amides is 4. The van der Waals surface area contributed by atoms with Crippen molar-refractivity contribution in [2.24, 2.45) is 5.73 Å². The number of nitrogens with two attached hydrogens (primary N) is 1. The predicted molar refractivity (Wildman–Crippen MR) is 152 cm³/mol. The third-order valence-electron chi connectivity index (χ3n) is 8.38. The van der Waals surface area contributed by atoms with Gasteiger partial charge in [-0.05, 0) is 82.4 Å². The number of rotatable bonds is 7. The molecule has 0 atom stereocenters. The Balaban J connectivity index is 1.51. The molecule has 0 fully saturated rings. The fourth-order valence-electron chi connectivity index (χ4n) is 6.50. The lowest BCUT2D eigenvalue weighted by molar-refractivity contribution is 0.0593. The second kappa shape index (κ2) is 8.58.